The van der Waals surface area contributed by atoms with Crippen LogP contribution in [0.5, 0.6) is 0 Å². The summed E-state index contributed by atoms with van der Waals surface area (Å²) in [5.74, 6) is -0.317. The van der Waals surface area contributed by atoms with Crippen LogP contribution in [0.1, 0.15) is 46.2 Å². The molecular formula is C25H22N4O2. The van der Waals surface area contributed by atoms with Gasteiger partial charge in [0.25, 0.3) is 11.8 Å². The third-order valence-corrected chi connectivity index (χ3v) is 4.89. The minimum atomic E-state index is -0.265. The second-order valence-electron chi connectivity index (χ2n) is 7.49. The molecule has 2 amide bonds. The molecule has 2 N–H and O–H groups in total. The molecule has 6 nitrogen and oxygen atoms in total. The van der Waals surface area contributed by atoms with Gasteiger partial charge in [-0.2, -0.15) is 0 Å². The zero-order chi connectivity index (χ0) is 21.8. The molecule has 0 bridgehead atoms. The summed E-state index contributed by atoms with van der Waals surface area (Å²) < 4.78 is 0. The van der Waals surface area contributed by atoms with Gasteiger partial charge in [0.1, 0.15) is 0 Å². The number of nitrogens with zero attached hydrogens (tertiary/aromatic N) is 2. The molecule has 154 valence electrons. The lowest BCUT2D eigenvalue weighted by Gasteiger charge is -2.13. The number of carbonyl (C=O) groups is 2. The number of pyridine rings is 2. The number of para-hydroxylation sites is 1. The van der Waals surface area contributed by atoms with E-state index in [4.69, 9.17) is 0 Å². The van der Waals surface area contributed by atoms with E-state index in [0.717, 1.165) is 16.6 Å². The number of nitrogens with one attached hydrogen (secondary N) is 2. The zero-order valence-corrected chi connectivity index (χ0v) is 17.3. The van der Waals surface area contributed by atoms with Gasteiger partial charge in [0.15, 0.2) is 0 Å². The van der Waals surface area contributed by atoms with E-state index in [9.17, 15) is 9.59 Å². The topological polar surface area (TPSA) is 84.0 Å². The molecule has 2 heterocycles. The summed E-state index contributed by atoms with van der Waals surface area (Å²) in [5.41, 5.74) is 3.83. The Morgan fingerprint density at radius 1 is 0.806 bits per heavy atom. The molecule has 4 aromatic rings. The molecule has 0 aliphatic rings. The zero-order valence-electron chi connectivity index (χ0n) is 17.3. The van der Waals surface area contributed by atoms with Gasteiger partial charge in [-0.15, -0.1) is 0 Å². The Kier molecular flexibility index (Phi) is 5.71. The fourth-order valence-corrected chi connectivity index (χ4v) is 3.25. The van der Waals surface area contributed by atoms with Crippen LogP contribution in [-0.4, -0.2) is 21.8 Å². The molecule has 0 fully saturated rings. The minimum Gasteiger partial charge on any atom is -0.322 e. The average molecular weight is 410 g/mol. The molecule has 4 rings (SSSR count). The largest absolute Gasteiger partial charge is 0.322 e. The maximum Gasteiger partial charge on any atom is 0.256 e. The second-order valence-corrected chi connectivity index (χ2v) is 7.49. The van der Waals surface area contributed by atoms with Crippen LogP contribution in [0.3, 0.4) is 0 Å². The Bertz CT molecular complexity index is 1250. The summed E-state index contributed by atoms with van der Waals surface area (Å²) in [6, 6.07) is 19.7. The van der Waals surface area contributed by atoms with Crippen molar-refractivity contribution in [2.75, 3.05) is 10.6 Å². The predicted octanol–water partition coefficient (Wildman–Crippen LogP) is 5.26. The van der Waals surface area contributed by atoms with E-state index < -0.39 is 0 Å². The minimum absolute atomic E-state index is 0.191. The number of amides is 2. The first-order valence-corrected chi connectivity index (χ1v) is 10.0. The van der Waals surface area contributed by atoms with Crippen molar-refractivity contribution >= 4 is 34.1 Å². The lowest BCUT2D eigenvalue weighted by atomic mass is 10.0. The maximum atomic E-state index is 13.1. The Morgan fingerprint density at radius 2 is 1.55 bits per heavy atom. The van der Waals surface area contributed by atoms with Crippen molar-refractivity contribution in [2.24, 2.45) is 0 Å². The number of carbonyl (C=O) groups excluding carboxylic acids is 2. The third kappa shape index (κ3) is 4.59. The summed E-state index contributed by atoms with van der Waals surface area (Å²) in [6.07, 6.45) is 3.22. The molecule has 0 atom stereocenters. The van der Waals surface area contributed by atoms with Crippen molar-refractivity contribution in [3.8, 4) is 0 Å². The number of anilines is 2. The molecule has 0 aliphatic heterocycles. The van der Waals surface area contributed by atoms with Crippen LogP contribution in [0.4, 0.5) is 11.4 Å². The highest BCUT2D eigenvalue weighted by Gasteiger charge is 2.15. The summed E-state index contributed by atoms with van der Waals surface area (Å²) >= 11 is 0. The first kappa shape index (κ1) is 20.2. The van der Waals surface area contributed by atoms with Crippen molar-refractivity contribution in [1.29, 1.82) is 0 Å². The number of hydrogen-bond acceptors (Lipinski definition) is 4. The highest BCUT2D eigenvalue weighted by atomic mass is 16.2. The predicted molar refractivity (Wildman–Crippen MR) is 122 cm³/mol. The summed E-state index contributed by atoms with van der Waals surface area (Å²) in [4.78, 5) is 34.3. The number of fused-ring (bicyclic) bond motifs is 1. The van der Waals surface area contributed by atoms with E-state index in [1.165, 1.54) is 0 Å². The Labute approximate surface area is 180 Å². The maximum absolute atomic E-state index is 13.1. The number of aromatic nitrogens is 2. The van der Waals surface area contributed by atoms with Crippen LogP contribution < -0.4 is 10.6 Å². The number of rotatable bonds is 5. The fraction of sp³-hybridized carbons (Fsp3) is 0.120. The van der Waals surface area contributed by atoms with Crippen LogP contribution in [0, 0.1) is 0 Å². The molecule has 0 spiro atoms. The van der Waals surface area contributed by atoms with Crippen molar-refractivity contribution in [3.63, 3.8) is 0 Å². The SMILES string of the molecule is CC(C)c1cc(C(=O)Nc2cccc(C(=O)Nc3ccncc3)c2)c2ccccc2n1. The van der Waals surface area contributed by atoms with Crippen LogP contribution >= 0.6 is 0 Å². The van der Waals surface area contributed by atoms with Gasteiger partial charge in [-0.1, -0.05) is 38.1 Å². The van der Waals surface area contributed by atoms with Crippen molar-refractivity contribution in [2.45, 2.75) is 19.8 Å². The third-order valence-electron chi connectivity index (χ3n) is 4.89. The van der Waals surface area contributed by atoms with Gasteiger partial charge in [0.05, 0.1) is 11.1 Å². The highest BCUT2D eigenvalue weighted by Crippen LogP contribution is 2.24. The van der Waals surface area contributed by atoms with Gasteiger partial charge in [0, 0.05) is 40.4 Å². The monoisotopic (exact) mass is 410 g/mol. The van der Waals surface area contributed by atoms with Crippen LogP contribution in [0.25, 0.3) is 10.9 Å². The molecule has 0 saturated heterocycles. The van der Waals surface area contributed by atoms with Gasteiger partial charge >= 0.3 is 0 Å². The summed E-state index contributed by atoms with van der Waals surface area (Å²) in [5, 5.41) is 6.52. The van der Waals surface area contributed by atoms with E-state index in [1.807, 2.05) is 44.2 Å². The van der Waals surface area contributed by atoms with E-state index in [1.54, 1.807) is 48.8 Å². The normalized spacial score (nSPS) is 10.8. The number of hydrogen-bond donors (Lipinski definition) is 2. The molecule has 0 unspecified atom stereocenters. The lowest BCUT2D eigenvalue weighted by molar-refractivity contribution is 0.101. The van der Waals surface area contributed by atoms with Crippen molar-refractivity contribution in [3.05, 3.63) is 95.9 Å². The van der Waals surface area contributed by atoms with Crippen molar-refractivity contribution < 1.29 is 9.59 Å². The van der Waals surface area contributed by atoms with Gasteiger partial charge in [-0.25, -0.2) is 0 Å². The molecule has 31 heavy (non-hydrogen) atoms. The average Bonchev–Trinajstić information content (AvgIpc) is 2.79. The second kappa shape index (κ2) is 8.75. The molecule has 0 saturated carbocycles. The molecule has 0 aliphatic carbocycles. The van der Waals surface area contributed by atoms with E-state index in [-0.39, 0.29) is 17.7 Å². The Morgan fingerprint density at radius 3 is 2.32 bits per heavy atom. The quantitative estimate of drug-likeness (QED) is 0.470. The van der Waals surface area contributed by atoms with E-state index >= 15 is 0 Å². The fourth-order valence-electron chi connectivity index (χ4n) is 3.25. The highest BCUT2D eigenvalue weighted by molar-refractivity contribution is 6.13. The summed E-state index contributed by atoms with van der Waals surface area (Å²) in [7, 11) is 0. The van der Waals surface area contributed by atoms with Crippen LogP contribution in [0.15, 0.2) is 79.1 Å². The van der Waals surface area contributed by atoms with Gasteiger partial charge in [-0.05, 0) is 48.4 Å². The van der Waals surface area contributed by atoms with Crippen LogP contribution in [-0.2, 0) is 0 Å². The molecular weight excluding hydrogens is 388 g/mol. The first-order valence-electron chi connectivity index (χ1n) is 10.0. The van der Waals surface area contributed by atoms with Gasteiger partial charge < -0.3 is 10.6 Å². The Balaban J connectivity index is 1.60. The molecule has 2 aromatic carbocycles. The van der Waals surface area contributed by atoms with E-state index in [0.29, 0.717) is 22.5 Å². The first-order chi connectivity index (χ1) is 15.0. The number of benzene rings is 2. The standard InChI is InChI=1S/C25H22N4O2/c1-16(2)23-15-21(20-8-3-4-9-22(20)29-23)25(31)28-19-7-5-6-17(14-19)24(30)27-18-10-12-26-13-11-18/h3-16H,1-2H3,(H,28,31)(H,26,27,30). The molecule has 2 aromatic heterocycles. The molecule has 6 heteroatoms. The van der Waals surface area contributed by atoms with Gasteiger partial charge in [-0.3, -0.25) is 19.6 Å². The van der Waals surface area contributed by atoms with Crippen molar-refractivity contribution in [1.82, 2.24) is 9.97 Å². The smallest absolute Gasteiger partial charge is 0.256 e. The van der Waals surface area contributed by atoms with Crippen LogP contribution in [0.2, 0.25) is 0 Å². The lowest BCUT2D eigenvalue weighted by Crippen LogP contribution is -2.15. The summed E-state index contributed by atoms with van der Waals surface area (Å²) in [6.45, 7) is 4.09. The van der Waals surface area contributed by atoms with Gasteiger partial charge in [0.2, 0.25) is 0 Å². The van der Waals surface area contributed by atoms with E-state index in [2.05, 4.69) is 20.6 Å². The Hall–Kier alpha value is -4.06. The molecule has 0 radical (unpaired) electrons.